The molecular weight excluding hydrogens is 382 g/mol. The van der Waals surface area contributed by atoms with Gasteiger partial charge in [0.2, 0.25) is 18.2 Å². The lowest BCUT2D eigenvalue weighted by molar-refractivity contribution is -0.686. The van der Waals surface area contributed by atoms with Crippen molar-refractivity contribution in [2.45, 2.75) is 13.0 Å². The monoisotopic (exact) mass is 401 g/mol. The lowest BCUT2D eigenvalue weighted by Crippen LogP contribution is -3.00. The minimum atomic E-state index is 0. The number of halogens is 1. The minimum absolute atomic E-state index is 0. The fraction of sp³-hybridized carbons (Fsp3) is 0.286. The molecule has 3 aromatic rings. The number of aromatic nitrogens is 1. The molecule has 5 rings (SSSR count). The van der Waals surface area contributed by atoms with E-state index in [-0.39, 0.29) is 19.2 Å². The number of rotatable bonds is 3. The maximum absolute atomic E-state index is 5.66. The summed E-state index contributed by atoms with van der Waals surface area (Å²) in [4.78, 5) is 0. The smallest absolute Gasteiger partial charge is 0.231 e. The molecular formula is C21H20ClNO5. The van der Waals surface area contributed by atoms with Crippen molar-refractivity contribution in [3.8, 4) is 40.0 Å². The van der Waals surface area contributed by atoms with Gasteiger partial charge in [0, 0.05) is 17.9 Å². The van der Waals surface area contributed by atoms with Crippen LogP contribution in [0.3, 0.4) is 0 Å². The maximum Gasteiger partial charge on any atom is 0.231 e. The molecule has 0 saturated heterocycles. The van der Waals surface area contributed by atoms with Crippen LogP contribution < -0.4 is 40.7 Å². The summed E-state index contributed by atoms with van der Waals surface area (Å²) in [6.07, 6.45) is 3.06. The van der Waals surface area contributed by atoms with Crippen molar-refractivity contribution in [3.63, 3.8) is 0 Å². The highest BCUT2D eigenvalue weighted by molar-refractivity contribution is 5.93. The molecule has 0 atom stereocenters. The van der Waals surface area contributed by atoms with E-state index in [1.165, 1.54) is 11.1 Å². The third-order valence-corrected chi connectivity index (χ3v) is 5.28. The highest BCUT2D eigenvalue weighted by Crippen LogP contribution is 2.45. The van der Waals surface area contributed by atoms with E-state index in [2.05, 4.69) is 29.0 Å². The molecule has 0 N–H and O–H groups in total. The van der Waals surface area contributed by atoms with E-state index in [4.69, 9.17) is 23.7 Å². The normalized spacial score (nSPS) is 13.4. The first kappa shape index (κ1) is 18.5. The van der Waals surface area contributed by atoms with Crippen LogP contribution in [0.15, 0.2) is 30.5 Å². The number of aryl methyl sites for hydroxylation is 2. The van der Waals surface area contributed by atoms with Crippen molar-refractivity contribution in [1.82, 2.24) is 0 Å². The number of fused-ring (bicyclic) bond motifs is 5. The van der Waals surface area contributed by atoms with E-state index in [1.54, 1.807) is 21.3 Å². The van der Waals surface area contributed by atoms with Crippen molar-refractivity contribution < 1.29 is 40.7 Å². The fourth-order valence-electron chi connectivity index (χ4n) is 3.99. The van der Waals surface area contributed by atoms with Gasteiger partial charge in [-0.25, -0.2) is 0 Å². The van der Waals surface area contributed by atoms with Crippen LogP contribution in [0.4, 0.5) is 0 Å². The van der Waals surface area contributed by atoms with Crippen LogP contribution in [-0.4, -0.2) is 28.1 Å². The SMILES string of the molecule is COc1cc2cc3[n+](cc2c(OC)c1OC)CCc1cc2c(cc1-3)OCO2.[Cl-]. The first-order chi connectivity index (χ1) is 13.2. The molecule has 0 saturated carbocycles. The van der Waals surface area contributed by atoms with Crippen LogP contribution >= 0.6 is 0 Å². The van der Waals surface area contributed by atoms with Crippen molar-refractivity contribution in [3.05, 3.63) is 36.0 Å². The number of hydrogen-bond donors (Lipinski definition) is 0. The van der Waals surface area contributed by atoms with Crippen LogP contribution in [0.1, 0.15) is 5.56 Å². The van der Waals surface area contributed by atoms with Gasteiger partial charge in [-0.15, -0.1) is 0 Å². The van der Waals surface area contributed by atoms with Crippen molar-refractivity contribution in [1.29, 1.82) is 0 Å². The molecule has 28 heavy (non-hydrogen) atoms. The van der Waals surface area contributed by atoms with Crippen LogP contribution in [-0.2, 0) is 13.0 Å². The van der Waals surface area contributed by atoms with Crippen LogP contribution in [0.5, 0.6) is 28.7 Å². The Labute approximate surface area is 168 Å². The quantitative estimate of drug-likeness (QED) is 0.583. The molecule has 0 spiro atoms. The molecule has 0 aliphatic carbocycles. The molecule has 0 radical (unpaired) electrons. The predicted octanol–water partition coefficient (Wildman–Crippen LogP) is 0.109. The third kappa shape index (κ3) is 2.59. The van der Waals surface area contributed by atoms with Crippen molar-refractivity contribution >= 4 is 10.8 Å². The molecule has 0 unspecified atom stereocenters. The minimum Gasteiger partial charge on any atom is -1.00 e. The molecule has 0 fully saturated rings. The maximum atomic E-state index is 5.66. The zero-order valence-electron chi connectivity index (χ0n) is 15.9. The Bertz CT molecular complexity index is 1080. The van der Waals surface area contributed by atoms with E-state index < -0.39 is 0 Å². The molecule has 2 aromatic carbocycles. The largest absolute Gasteiger partial charge is 1.00 e. The van der Waals surface area contributed by atoms with Crippen LogP contribution in [0, 0.1) is 0 Å². The van der Waals surface area contributed by atoms with Crippen molar-refractivity contribution in [2.24, 2.45) is 0 Å². The molecule has 0 amide bonds. The summed E-state index contributed by atoms with van der Waals surface area (Å²) in [5.41, 5.74) is 3.57. The summed E-state index contributed by atoms with van der Waals surface area (Å²) in [7, 11) is 4.90. The number of benzene rings is 2. The number of hydrogen-bond acceptors (Lipinski definition) is 5. The Morgan fingerprint density at radius 1 is 0.893 bits per heavy atom. The van der Waals surface area contributed by atoms with Gasteiger partial charge in [-0.2, -0.15) is 4.57 Å². The van der Waals surface area contributed by atoms with Gasteiger partial charge in [0.05, 0.1) is 32.3 Å². The Balaban J connectivity index is 0.00000192. The highest BCUT2D eigenvalue weighted by atomic mass is 35.5. The van der Waals surface area contributed by atoms with Gasteiger partial charge in [-0.05, 0) is 23.8 Å². The lowest BCUT2D eigenvalue weighted by atomic mass is 9.95. The van der Waals surface area contributed by atoms with Gasteiger partial charge in [0.25, 0.3) is 0 Å². The van der Waals surface area contributed by atoms with E-state index >= 15 is 0 Å². The molecule has 7 heteroatoms. The zero-order chi connectivity index (χ0) is 18.5. The highest BCUT2D eigenvalue weighted by Gasteiger charge is 2.29. The summed E-state index contributed by atoms with van der Waals surface area (Å²) in [5, 5.41) is 2.02. The second-order valence-electron chi connectivity index (χ2n) is 6.61. The molecule has 2 aliphatic rings. The van der Waals surface area contributed by atoms with Gasteiger partial charge in [0.15, 0.2) is 35.7 Å². The van der Waals surface area contributed by atoms with Crippen LogP contribution in [0.2, 0.25) is 0 Å². The second kappa shape index (κ2) is 6.95. The predicted molar refractivity (Wildman–Crippen MR) is 99.1 cm³/mol. The fourth-order valence-corrected chi connectivity index (χ4v) is 3.99. The van der Waals surface area contributed by atoms with Gasteiger partial charge < -0.3 is 36.1 Å². The molecule has 3 heterocycles. The van der Waals surface area contributed by atoms with Gasteiger partial charge in [0.1, 0.15) is 0 Å². The van der Waals surface area contributed by atoms with Crippen molar-refractivity contribution in [2.75, 3.05) is 28.1 Å². The van der Waals surface area contributed by atoms with Gasteiger partial charge in [-0.3, -0.25) is 0 Å². The summed E-state index contributed by atoms with van der Waals surface area (Å²) in [5.74, 6) is 3.56. The molecule has 6 nitrogen and oxygen atoms in total. The Hall–Kier alpha value is -2.86. The molecule has 0 bridgehead atoms. The van der Waals surface area contributed by atoms with Crippen LogP contribution in [0.25, 0.3) is 22.0 Å². The van der Waals surface area contributed by atoms with E-state index in [1.807, 2.05) is 6.07 Å². The number of ether oxygens (including phenoxy) is 5. The summed E-state index contributed by atoms with van der Waals surface area (Å²) < 4.78 is 30.1. The first-order valence-electron chi connectivity index (χ1n) is 8.82. The topological polar surface area (TPSA) is 50.0 Å². The van der Waals surface area contributed by atoms with Gasteiger partial charge in [-0.1, -0.05) is 0 Å². The lowest BCUT2D eigenvalue weighted by Gasteiger charge is -2.18. The summed E-state index contributed by atoms with van der Waals surface area (Å²) in [6, 6.07) is 8.33. The Morgan fingerprint density at radius 3 is 2.36 bits per heavy atom. The van der Waals surface area contributed by atoms with Gasteiger partial charge >= 0.3 is 0 Å². The molecule has 1 aromatic heterocycles. The zero-order valence-corrected chi connectivity index (χ0v) is 16.6. The number of pyridine rings is 1. The Kier molecular flexibility index (Phi) is 4.59. The van der Waals surface area contributed by atoms with E-state index in [9.17, 15) is 0 Å². The first-order valence-corrected chi connectivity index (χ1v) is 8.82. The molecule has 146 valence electrons. The number of nitrogens with zero attached hydrogens (tertiary/aromatic N) is 1. The average Bonchev–Trinajstić information content (AvgIpc) is 3.16. The standard InChI is InChI=1S/C21H20NO5.ClH/c1-23-19-8-13-6-16-14-9-18-17(26-11-27-18)7-12(14)4-5-22(16)10-15(13)20(24-2)21(19)25-3;/h6-10H,4-5,11H2,1-3H3;1H/q+1;/p-1. The number of methoxy groups -OCH3 is 3. The third-order valence-electron chi connectivity index (χ3n) is 5.28. The summed E-state index contributed by atoms with van der Waals surface area (Å²) >= 11 is 0. The molecule has 2 aliphatic heterocycles. The Morgan fingerprint density at radius 2 is 1.64 bits per heavy atom. The summed E-state index contributed by atoms with van der Waals surface area (Å²) in [6.45, 7) is 1.17. The van der Waals surface area contributed by atoms with E-state index in [0.29, 0.717) is 17.2 Å². The second-order valence-corrected chi connectivity index (χ2v) is 6.61. The van der Waals surface area contributed by atoms with E-state index in [0.717, 1.165) is 40.9 Å². The average molecular weight is 402 g/mol.